The van der Waals surface area contributed by atoms with Crippen molar-refractivity contribution >= 4 is 0 Å². The highest BCUT2D eigenvalue weighted by Gasteiger charge is 2.31. The van der Waals surface area contributed by atoms with Crippen molar-refractivity contribution in [2.45, 2.75) is 52.0 Å². The van der Waals surface area contributed by atoms with E-state index in [4.69, 9.17) is 4.74 Å². The maximum Gasteiger partial charge on any atom is 0.0506 e. The molecule has 3 nitrogen and oxygen atoms in total. The van der Waals surface area contributed by atoms with E-state index in [2.05, 4.69) is 38.2 Å². The summed E-state index contributed by atoms with van der Waals surface area (Å²) in [6.45, 7) is 9.18. The standard InChI is InChI=1S/C18H36N2O/c1-14(2)16-7-8-18(19-3)17(10-16)12-20(4)11-15-6-5-9-21-13-15/h14-19H,5-13H2,1-4H3. The zero-order chi connectivity index (χ0) is 15.2. The molecule has 1 heterocycles. The first-order valence-electron chi connectivity index (χ1n) is 9.03. The zero-order valence-electron chi connectivity index (χ0n) is 14.6. The minimum absolute atomic E-state index is 0.713. The van der Waals surface area contributed by atoms with Gasteiger partial charge in [-0.25, -0.2) is 0 Å². The van der Waals surface area contributed by atoms with Gasteiger partial charge in [-0.05, 0) is 69.9 Å². The van der Waals surface area contributed by atoms with Crippen LogP contribution in [0.1, 0.15) is 46.0 Å². The van der Waals surface area contributed by atoms with Crippen LogP contribution in [-0.4, -0.2) is 51.3 Å². The summed E-state index contributed by atoms with van der Waals surface area (Å²) in [5.41, 5.74) is 0. The van der Waals surface area contributed by atoms with Gasteiger partial charge in [0, 0.05) is 25.7 Å². The first-order chi connectivity index (χ1) is 10.1. The van der Waals surface area contributed by atoms with Gasteiger partial charge in [0.15, 0.2) is 0 Å². The van der Waals surface area contributed by atoms with Crippen molar-refractivity contribution in [1.82, 2.24) is 10.2 Å². The van der Waals surface area contributed by atoms with Gasteiger partial charge in [-0.3, -0.25) is 0 Å². The SMILES string of the molecule is CNC1CCC(C(C)C)CC1CN(C)CC1CCCOC1. The van der Waals surface area contributed by atoms with E-state index in [0.717, 1.165) is 36.9 Å². The molecule has 1 saturated carbocycles. The van der Waals surface area contributed by atoms with Gasteiger partial charge in [0.25, 0.3) is 0 Å². The summed E-state index contributed by atoms with van der Waals surface area (Å²) < 4.78 is 5.62. The van der Waals surface area contributed by atoms with Crippen molar-refractivity contribution in [2.75, 3.05) is 40.4 Å². The van der Waals surface area contributed by atoms with E-state index >= 15 is 0 Å². The Hall–Kier alpha value is -0.120. The molecule has 0 amide bonds. The van der Waals surface area contributed by atoms with Crippen molar-refractivity contribution in [3.8, 4) is 0 Å². The fraction of sp³-hybridized carbons (Fsp3) is 1.00. The Morgan fingerprint density at radius 1 is 1.19 bits per heavy atom. The van der Waals surface area contributed by atoms with Gasteiger partial charge in [-0.1, -0.05) is 13.8 Å². The molecule has 0 bridgehead atoms. The molecule has 1 aliphatic heterocycles. The van der Waals surface area contributed by atoms with Crippen LogP contribution in [0, 0.1) is 23.7 Å². The monoisotopic (exact) mass is 296 g/mol. The molecule has 4 atom stereocenters. The Bertz CT molecular complexity index is 289. The molecule has 0 aromatic heterocycles. The second-order valence-corrected chi connectivity index (χ2v) is 7.78. The third-order valence-electron chi connectivity index (χ3n) is 5.71. The van der Waals surface area contributed by atoms with Gasteiger partial charge in [0.05, 0.1) is 6.61 Å². The number of nitrogens with one attached hydrogen (secondary N) is 1. The van der Waals surface area contributed by atoms with Crippen molar-refractivity contribution in [2.24, 2.45) is 23.7 Å². The molecule has 3 heteroatoms. The van der Waals surface area contributed by atoms with E-state index in [1.807, 2.05) is 0 Å². The van der Waals surface area contributed by atoms with E-state index in [1.165, 1.54) is 45.2 Å². The second kappa shape index (κ2) is 8.50. The summed E-state index contributed by atoms with van der Waals surface area (Å²) in [6.07, 6.45) is 6.74. The molecule has 0 spiro atoms. The van der Waals surface area contributed by atoms with Gasteiger partial charge in [-0.2, -0.15) is 0 Å². The van der Waals surface area contributed by atoms with Crippen LogP contribution in [0.5, 0.6) is 0 Å². The summed E-state index contributed by atoms with van der Waals surface area (Å²) in [7, 11) is 4.45. The van der Waals surface area contributed by atoms with E-state index in [0.29, 0.717) is 6.04 Å². The molecule has 124 valence electrons. The summed E-state index contributed by atoms with van der Waals surface area (Å²) >= 11 is 0. The normalized spacial score (nSPS) is 34.6. The van der Waals surface area contributed by atoms with Crippen LogP contribution in [-0.2, 0) is 4.74 Å². The summed E-state index contributed by atoms with van der Waals surface area (Å²) in [4.78, 5) is 2.57. The third-order valence-corrected chi connectivity index (χ3v) is 5.71. The molecule has 1 N–H and O–H groups in total. The molecule has 1 aliphatic carbocycles. The Balaban J connectivity index is 1.82. The maximum absolute atomic E-state index is 5.62. The molecule has 0 radical (unpaired) electrons. The lowest BCUT2D eigenvalue weighted by Crippen LogP contribution is -2.45. The molecule has 1 saturated heterocycles. The number of hydrogen-bond acceptors (Lipinski definition) is 3. The lowest BCUT2D eigenvalue weighted by molar-refractivity contribution is 0.0365. The number of hydrogen-bond donors (Lipinski definition) is 1. The number of nitrogens with zero attached hydrogens (tertiary/aromatic N) is 1. The van der Waals surface area contributed by atoms with Crippen LogP contribution in [0.15, 0.2) is 0 Å². The van der Waals surface area contributed by atoms with Crippen LogP contribution in [0.3, 0.4) is 0 Å². The molecule has 0 aromatic carbocycles. The van der Waals surface area contributed by atoms with Crippen molar-refractivity contribution in [3.63, 3.8) is 0 Å². The molecule has 2 aliphatic rings. The van der Waals surface area contributed by atoms with Gasteiger partial charge >= 0.3 is 0 Å². The van der Waals surface area contributed by atoms with Crippen LogP contribution < -0.4 is 5.32 Å². The quantitative estimate of drug-likeness (QED) is 0.815. The average Bonchev–Trinajstić information content (AvgIpc) is 2.48. The molecule has 21 heavy (non-hydrogen) atoms. The van der Waals surface area contributed by atoms with Gasteiger partial charge in [0.2, 0.25) is 0 Å². The van der Waals surface area contributed by atoms with E-state index in [1.54, 1.807) is 0 Å². The summed E-state index contributed by atoms with van der Waals surface area (Å²) in [5.74, 6) is 3.32. The Kier molecular flexibility index (Phi) is 6.97. The molecule has 0 aromatic rings. The molecular formula is C18H36N2O. The highest BCUT2D eigenvalue weighted by Crippen LogP contribution is 2.34. The fourth-order valence-corrected chi connectivity index (χ4v) is 4.35. The van der Waals surface area contributed by atoms with Crippen LogP contribution in [0.2, 0.25) is 0 Å². The van der Waals surface area contributed by atoms with Crippen LogP contribution in [0.25, 0.3) is 0 Å². The topological polar surface area (TPSA) is 24.5 Å². The Morgan fingerprint density at radius 3 is 2.62 bits per heavy atom. The largest absolute Gasteiger partial charge is 0.381 e. The first-order valence-corrected chi connectivity index (χ1v) is 9.03. The van der Waals surface area contributed by atoms with E-state index in [9.17, 15) is 0 Å². The second-order valence-electron chi connectivity index (χ2n) is 7.78. The lowest BCUT2D eigenvalue weighted by Gasteiger charge is -2.40. The van der Waals surface area contributed by atoms with Crippen molar-refractivity contribution in [1.29, 1.82) is 0 Å². The van der Waals surface area contributed by atoms with E-state index in [-0.39, 0.29) is 0 Å². The summed E-state index contributed by atoms with van der Waals surface area (Å²) in [5, 5.41) is 3.57. The average molecular weight is 296 g/mol. The predicted molar refractivity (Wildman–Crippen MR) is 89.6 cm³/mol. The predicted octanol–water partition coefficient (Wildman–Crippen LogP) is 3.01. The van der Waals surface area contributed by atoms with Gasteiger partial charge < -0.3 is 15.0 Å². The molecule has 4 unspecified atom stereocenters. The fourth-order valence-electron chi connectivity index (χ4n) is 4.35. The van der Waals surface area contributed by atoms with Crippen molar-refractivity contribution in [3.05, 3.63) is 0 Å². The number of rotatable bonds is 6. The Morgan fingerprint density at radius 2 is 2.00 bits per heavy atom. The molecular weight excluding hydrogens is 260 g/mol. The Labute approximate surface area is 131 Å². The lowest BCUT2D eigenvalue weighted by atomic mass is 9.73. The van der Waals surface area contributed by atoms with Gasteiger partial charge in [0.1, 0.15) is 0 Å². The highest BCUT2D eigenvalue weighted by atomic mass is 16.5. The van der Waals surface area contributed by atoms with Gasteiger partial charge in [-0.15, -0.1) is 0 Å². The zero-order valence-corrected chi connectivity index (χ0v) is 14.6. The van der Waals surface area contributed by atoms with Crippen LogP contribution >= 0.6 is 0 Å². The van der Waals surface area contributed by atoms with Crippen molar-refractivity contribution < 1.29 is 4.74 Å². The molecule has 2 fully saturated rings. The third kappa shape index (κ3) is 5.22. The smallest absolute Gasteiger partial charge is 0.0506 e. The molecule has 2 rings (SSSR count). The minimum atomic E-state index is 0.713. The highest BCUT2D eigenvalue weighted by molar-refractivity contribution is 4.87. The number of ether oxygens (including phenoxy) is 1. The summed E-state index contributed by atoms with van der Waals surface area (Å²) in [6, 6.07) is 0.713. The van der Waals surface area contributed by atoms with E-state index < -0.39 is 0 Å². The van der Waals surface area contributed by atoms with Crippen LogP contribution in [0.4, 0.5) is 0 Å². The first kappa shape index (κ1) is 17.2. The minimum Gasteiger partial charge on any atom is -0.381 e. The maximum atomic E-state index is 5.62.